The van der Waals surface area contributed by atoms with Crippen LogP contribution in [0, 0.1) is 0 Å². The van der Waals surface area contributed by atoms with Crippen molar-refractivity contribution in [2.45, 2.75) is 20.0 Å². The van der Waals surface area contributed by atoms with Crippen LogP contribution in [0.1, 0.15) is 12.5 Å². The highest BCUT2D eigenvalue weighted by Crippen LogP contribution is 2.26. The standard InChI is InChI=1S/C13H17ClN4/c1-3-18-9-10(7-16-18)8-17(2)13-6-11(14)4-5-12(13)15/h4-7,9H,3,8,15H2,1-2H3. The lowest BCUT2D eigenvalue weighted by Gasteiger charge is -2.20. The second-order valence-corrected chi connectivity index (χ2v) is 4.70. The molecule has 1 aromatic carbocycles. The topological polar surface area (TPSA) is 47.1 Å². The molecule has 0 saturated heterocycles. The quantitative estimate of drug-likeness (QED) is 0.864. The molecule has 0 bridgehead atoms. The van der Waals surface area contributed by atoms with E-state index in [1.165, 1.54) is 0 Å². The van der Waals surface area contributed by atoms with Crippen LogP contribution >= 0.6 is 11.6 Å². The molecule has 5 heteroatoms. The van der Waals surface area contributed by atoms with Crippen molar-refractivity contribution in [3.8, 4) is 0 Å². The predicted molar refractivity (Wildman–Crippen MR) is 75.9 cm³/mol. The van der Waals surface area contributed by atoms with Crippen LogP contribution in [0.15, 0.2) is 30.6 Å². The maximum absolute atomic E-state index is 5.99. The number of hydrogen-bond acceptors (Lipinski definition) is 3. The van der Waals surface area contributed by atoms with E-state index in [2.05, 4.69) is 16.9 Å². The molecule has 0 spiro atoms. The van der Waals surface area contributed by atoms with Crippen LogP contribution in [0.5, 0.6) is 0 Å². The molecule has 0 aliphatic carbocycles. The van der Waals surface area contributed by atoms with Gasteiger partial charge < -0.3 is 10.6 Å². The lowest BCUT2D eigenvalue weighted by molar-refractivity contribution is 0.659. The number of halogens is 1. The van der Waals surface area contributed by atoms with Crippen molar-refractivity contribution < 1.29 is 0 Å². The molecule has 0 atom stereocenters. The van der Waals surface area contributed by atoms with Gasteiger partial charge in [0.2, 0.25) is 0 Å². The average molecular weight is 265 g/mol. The van der Waals surface area contributed by atoms with Gasteiger partial charge in [0.05, 0.1) is 17.6 Å². The Morgan fingerprint density at radius 1 is 1.44 bits per heavy atom. The Balaban J connectivity index is 2.16. The van der Waals surface area contributed by atoms with Gasteiger partial charge in [-0.3, -0.25) is 4.68 Å². The fourth-order valence-electron chi connectivity index (χ4n) is 1.87. The van der Waals surface area contributed by atoms with Crippen LogP contribution in [0.25, 0.3) is 0 Å². The molecular formula is C13H17ClN4. The van der Waals surface area contributed by atoms with Crippen LogP contribution in [0.2, 0.25) is 5.02 Å². The van der Waals surface area contributed by atoms with E-state index in [-0.39, 0.29) is 0 Å². The first-order valence-corrected chi connectivity index (χ1v) is 6.25. The Morgan fingerprint density at radius 3 is 2.89 bits per heavy atom. The summed E-state index contributed by atoms with van der Waals surface area (Å²) in [4.78, 5) is 2.07. The molecule has 0 radical (unpaired) electrons. The summed E-state index contributed by atoms with van der Waals surface area (Å²) in [5.74, 6) is 0. The highest BCUT2D eigenvalue weighted by Gasteiger charge is 2.08. The maximum Gasteiger partial charge on any atom is 0.0615 e. The Morgan fingerprint density at radius 2 is 2.22 bits per heavy atom. The Hall–Kier alpha value is -1.68. The second-order valence-electron chi connectivity index (χ2n) is 4.26. The van der Waals surface area contributed by atoms with E-state index < -0.39 is 0 Å². The molecule has 0 unspecified atom stereocenters. The lowest BCUT2D eigenvalue weighted by Crippen LogP contribution is -2.17. The minimum Gasteiger partial charge on any atom is -0.397 e. The Labute approximate surface area is 112 Å². The summed E-state index contributed by atoms with van der Waals surface area (Å²) in [7, 11) is 1.99. The summed E-state index contributed by atoms with van der Waals surface area (Å²) in [5.41, 5.74) is 8.77. The molecule has 96 valence electrons. The van der Waals surface area contributed by atoms with Crippen LogP contribution in [-0.2, 0) is 13.1 Å². The molecule has 0 fully saturated rings. The molecule has 18 heavy (non-hydrogen) atoms. The average Bonchev–Trinajstić information content (AvgIpc) is 2.80. The third-order valence-electron chi connectivity index (χ3n) is 2.83. The fourth-order valence-corrected chi connectivity index (χ4v) is 2.03. The van der Waals surface area contributed by atoms with E-state index in [1.807, 2.05) is 36.3 Å². The van der Waals surface area contributed by atoms with E-state index in [0.717, 1.165) is 30.0 Å². The molecule has 2 rings (SSSR count). The van der Waals surface area contributed by atoms with Crippen molar-refractivity contribution in [1.29, 1.82) is 0 Å². The summed E-state index contributed by atoms with van der Waals surface area (Å²) in [5, 5.41) is 4.94. The first kappa shape index (κ1) is 12.8. The number of aryl methyl sites for hydroxylation is 1. The SMILES string of the molecule is CCn1cc(CN(C)c2cc(Cl)ccc2N)cn1. The predicted octanol–water partition coefficient (Wildman–Crippen LogP) is 2.78. The van der Waals surface area contributed by atoms with Gasteiger partial charge in [-0.1, -0.05) is 11.6 Å². The summed E-state index contributed by atoms with van der Waals surface area (Å²) in [6.07, 6.45) is 3.91. The zero-order valence-corrected chi connectivity index (χ0v) is 11.4. The van der Waals surface area contributed by atoms with Crippen molar-refractivity contribution in [3.05, 3.63) is 41.2 Å². The van der Waals surface area contributed by atoms with Crippen molar-refractivity contribution >= 4 is 23.0 Å². The molecule has 1 aromatic heterocycles. The summed E-state index contributed by atoms with van der Waals surface area (Å²) >= 11 is 5.99. The summed E-state index contributed by atoms with van der Waals surface area (Å²) in [6.45, 7) is 3.70. The fraction of sp³-hybridized carbons (Fsp3) is 0.308. The molecule has 2 N–H and O–H groups in total. The van der Waals surface area contributed by atoms with E-state index >= 15 is 0 Å². The van der Waals surface area contributed by atoms with Crippen molar-refractivity contribution in [2.24, 2.45) is 0 Å². The number of anilines is 2. The Bertz CT molecular complexity index is 536. The van der Waals surface area contributed by atoms with E-state index in [4.69, 9.17) is 17.3 Å². The first-order valence-electron chi connectivity index (χ1n) is 5.87. The van der Waals surface area contributed by atoms with Gasteiger partial charge in [0.25, 0.3) is 0 Å². The number of aromatic nitrogens is 2. The molecule has 0 aliphatic rings. The van der Waals surface area contributed by atoms with Gasteiger partial charge >= 0.3 is 0 Å². The zero-order valence-electron chi connectivity index (χ0n) is 10.6. The van der Waals surface area contributed by atoms with E-state index in [1.54, 1.807) is 6.07 Å². The minimum absolute atomic E-state index is 0.690. The van der Waals surface area contributed by atoms with Crippen molar-refractivity contribution in [1.82, 2.24) is 9.78 Å². The number of nitrogens with two attached hydrogens (primary N) is 1. The van der Waals surface area contributed by atoms with Gasteiger partial charge in [0.1, 0.15) is 0 Å². The number of nitrogen functional groups attached to an aromatic ring is 1. The van der Waals surface area contributed by atoms with Crippen LogP contribution in [0.4, 0.5) is 11.4 Å². The monoisotopic (exact) mass is 264 g/mol. The third kappa shape index (κ3) is 2.76. The van der Waals surface area contributed by atoms with Crippen LogP contribution in [-0.4, -0.2) is 16.8 Å². The first-order chi connectivity index (χ1) is 8.60. The molecule has 2 aromatic rings. The van der Waals surface area contributed by atoms with Crippen molar-refractivity contribution in [2.75, 3.05) is 17.7 Å². The second kappa shape index (κ2) is 5.31. The van der Waals surface area contributed by atoms with Gasteiger partial charge in [-0.05, 0) is 25.1 Å². The molecule has 4 nitrogen and oxygen atoms in total. The highest BCUT2D eigenvalue weighted by molar-refractivity contribution is 6.31. The van der Waals surface area contributed by atoms with Crippen LogP contribution in [0.3, 0.4) is 0 Å². The van der Waals surface area contributed by atoms with Crippen molar-refractivity contribution in [3.63, 3.8) is 0 Å². The summed E-state index contributed by atoms with van der Waals surface area (Å²) < 4.78 is 1.91. The smallest absolute Gasteiger partial charge is 0.0615 e. The van der Waals surface area contributed by atoms with Gasteiger partial charge in [-0.2, -0.15) is 5.10 Å². The number of rotatable bonds is 4. The lowest BCUT2D eigenvalue weighted by atomic mass is 10.2. The molecule has 1 heterocycles. The van der Waals surface area contributed by atoms with Crippen LogP contribution < -0.4 is 10.6 Å². The number of benzene rings is 1. The van der Waals surface area contributed by atoms with E-state index in [0.29, 0.717) is 5.02 Å². The Kier molecular flexibility index (Phi) is 3.77. The van der Waals surface area contributed by atoms with Gasteiger partial charge in [0.15, 0.2) is 0 Å². The zero-order chi connectivity index (χ0) is 13.1. The van der Waals surface area contributed by atoms with Gasteiger partial charge in [-0.15, -0.1) is 0 Å². The highest BCUT2D eigenvalue weighted by atomic mass is 35.5. The van der Waals surface area contributed by atoms with Gasteiger partial charge in [0, 0.05) is 36.9 Å². The molecule has 0 aliphatic heterocycles. The number of hydrogen-bond donors (Lipinski definition) is 1. The normalized spacial score (nSPS) is 10.6. The van der Waals surface area contributed by atoms with Gasteiger partial charge in [-0.25, -0.2) is 0 Å². The summed E-state index contributed by atoms with van der Waals surface area (Å²) in [6, 6.07) is 5.49. The molecule has 0 amide bonds. The molecule has 0 saturated carbocycles. The molecular weight excluding hydrogens is 248 g/mol. The van der Waals surface area contributed by atoms with E-state index in [9.17, 15) is 0 Å². The third-order valence-corrected chi connectivity index (χ3v) is 3.07. The number of nitrogens with zero attached hydrogens (tertiary/aromatic N) is 3. The minimum atomic E-state index is 0.690. The maximum atomic E-state index is 5.99. The largest absolute Gasteiger partial charge is 0.397 e.